The highest BCUT2D eigenvalue weighted by molar-refractivity contribution is 5.47. The summed E-state index contributed by atoms with van der Waals surface area (Å²) in [6, 6.07) is 1.78. The van der Waals surface area contributed by atoms with Crippen molar-refractivity contribution in [2.75, 3.05) is 37.4 Å². The molecule has 1 aromatic heterocycles. The number of ether oxygens (including phenoxy) is 1. The van der Waals surface area contributed by atoms with E-state index in [4.69, 9.17) is 9.84 Å². The average molecular weight is 226 g/mol. The SMILES string of the molecule is CCOCc1nc(NC)cc(NCCO)n1. The van der Waals surface area contributed by atoms with Gasteiger partial charge in [0.25, 0.3) is 0 Å². The summed E-state index contributed by atoms with van der Waals surface area (Å²) in [5.41, 5.74) is 0. The van der Waals surface area contributed by atoms with E-state index in [0.29, 0.717) is 31.4 Å². The Hall–Kier alpha value is -1.40. The van der Waals surface area contributed by atoms with Crippen LogP contribution in [0.2, 0.25) is 0 Å². The van der Waals surface area contributed by atoms with Crippen molar-refractivity contribution in [3.05, 3.63) is 11.9 Å². The van der Waals surface area contributed by atoms with E-state index in [9.17, 15) is 0 Å². The largest absolute Gasteiger partial charge is 0.395 e. The number of aliphatic hydroxyl groups is 1. The van der Waals surface area contributed by atoms with E-state index in [1.165, 1.54) is 0 Å². The van der Waals surface area contributed by atoms with Gasteiger partial charge in [0.05, 0.1) is 6.61 Å². The molecule has 0 aliphatic heterocycles. The molecule has 1 rings (SSSR count). The van der Waals surface area contributed by atoms with Gasteiger partial charge >= 0.3 is 0 Å². The molecule has 0 fully saturated rings. The molecule has 3 N–H and O–H groups in total. The number of hydrogen-bond donors (Lipinski definition) is 3. The van der Waals surface area contributed by atoms with Gasteiger partial charge in [0, 0.05) is 26.3 Å². The quantitative estimate of drug-likeness (QED) is 0.627. The molecule has 0 saturated carbocycles. The molecule has 0 amide bonds. The molecule has 1 aromatic rings. The number of aromatic nitrogens is 2. The zero-order chi connectivity index (χ0) is 11.8. The van der Waals surface area contributed by atoms with Crippen LogP contribution in [0.1, 0.15) is 12.7 Å². The molecule has 6 heteroatoms. The molecule has 90 valence electrons. The van der Waals surface area contributed by atoms with Gasteiger partial charge in [-0.05, 0) is 6.92 Å². The minimum Gasteiger partial charge on any atom is -0.395 e. The first-order valence-electron chi connectivity index (χ1n) is 5.28. The minimum atomic E-state index is 0.0691. The maximum absolute atomic E-state index is 8.72. The fraction of sp³-hybridized carbons (Fsp3) is 0.600. The van der Waals surface area contributed by atoms with Crippen molar-refractivity contribution < 1.29 is 9.84 Å². The van der Waals surface area contributed by atoms with Gasteiger partial charge in [-0.1, -0.05) is 0 Å². The summed E-state index contributed by atoms with van der Waals surface area (Å²) in [6.07, 6.45) is 0. The summed E-state index contributed by atoms with van der Waals surface area (Å²) in [5, 5.41) is 14.7. The zero-order valence-corrected chi connectivity index (χ0v) is 9.66. The van der Waals surface area contributed by atoms with Crippen LogP contribution in [-0.4, -0.2) is 41.9 Å². The Balaban J connectivity index is 2.74. The third-order valence-electron chi connectivity index (χ3n) is 1.88. The van der Waals surface area contributed by atoms with Gasteiger partial charge in [0.2, 0.25) is 0 Å². The first-order valence-corrected chi connectivity index (χ1v) is 5.28. The summed E-state index contributed by atoms with van der Waals surface area (Å²) >= 11 is 0. The molecular weight excluding hydrogens is 208 g/mol. The van der Waals surface area contributed by atoms with Crippen LogP contribution in [0.3, 0.4) is 0 Å². The van der Waals surface area contributed by atoms with Gasteiger partial charge < -0.3 is 20.5 Å². The summed E-state index contributed by atoms with van der Waals surface area (Å²) < 4.78 is 5.25. The molecule has 0 aromatic carbocycles. The summed E-state index contributed by atoms with van der Waals surface area (Å²) in [7, 11) is 1.79. The molecule has 0 spiro atoms. The number of rotatable bonds is 7. The molecule has 0 aliphatic carbocycles. The maximum atomic E-state index is 8.72. The molecule has 0 unspecified atom stereocenters. The van der Waals surface area contributed by atoms with Crippen molar-refractivity contribution in [3.63, 3.8) is 0 Å². The Bertz CT molecular complexity index is 293. The lowest BCUT2D eigenvalue weighted by molar-refractivity contribution is 0.128. The highest BCUT2D eigenvalue weighted by atomic mass is 16.5. The molecule has 0 atom stereocenters. The van der Waals surface area contributed by atoms with Gasteiger partial charge in [-0.3, -0.25) is 0 Å². The van der Waals surface area contributed by atoms with Crippen molar-refractivity contribution in [1.82, 2.24) is 9.97 Å². The second-order valence-corrected chi connectivity index (χ2v) is 3.09. The van der Waals surface area contributed by atoms with Crippen molar-refractivity contribution in [2.24, 2.45) is 0 Å². The topological polar surface area (TPSA) is 79.3 Å². The van der Waals surface area contributed by atoms with E-state index >= 15 is 0 Å². The first-order chi connectivity index (χ1) is 7.80. The highest BCUT2D eigenvalue weighted by Gasteiger charge is 2.03. The second kappa shape index (κ2) is 6.97. The number of nitrogens with zero attached hydrogens (tertiary/aromatic N) is 2. The summed E-state index contributed by atoms with van der Waals surface area (Å²) in [4.78, 5) is 8.51. The van der Waals surface area contributed by atoms with E-state index in [1.807, 2.05) is 6.92 Å². The van der Waals surface area contributed by atoms with Gasteiger partial charge in [-0.2, -0.15) is 0 Å². The zero-order valence-electron chi connectivity index (χ0n) is 9.66. The Morgan fingerprint density at radius 3 is 2.75 bits per heavy atom. The van der Waals surface area contributed by atoms with Gasteiger partial charge in [0.15, 0.2) is 5.82 Å². The van der Waals surface area contributed by atoms with Crippen molar-refractivity contribution in [3.8, 4) is 0 Å². The van der Waals surface area contributed by atoms with E-state index in [2.05, 4.69) is 20.6 Å². The molecule has 0 aliphatic rings. The van der Waals surface area contributed by atoms with E-state index in [1.54, 1.807) is 13.1 Å². The third-order valence-corrected chi connectivity index (χ3v) is 1.88. The highest BCUT2D eigenvalue weighted by Crippen LogP contribution is 2.11. The number of nitrogens with one attached hydrogen (secondary N) is 2. The lowest BCUT2D eigenvalue weighted by atomic mass is 10.4. The van der Waals surface area contributed by atoms with Crippen LogP contribution in [-0.2, 0) is 11.3 Å². The lowest BCUT2D eigenvalue weighted by Gasteiger charge is -2.08. The minimum absolute atomic E-state index is 0.0691. The van der Waals surface area contributed by atoms with Crippen LogP contribution in [0.4, 0.5) is 11.6 Å². The monoisotopic (exact) mass is 226 g/mol. The Morgan fingerprint density at radius 2 is 2.12 bits per heavy atom. The number of anilines is 2. The lowest BCUT2D eigenvalue weighted by Crippen LogP contribution is -2.10. The van der Waals surface area contributed by atoms with E-state index in [-0.39, 0.29) is 6.61 Å². The van der Waals surface area contributed by atoms with Crippen LogP contribution in [0.15, 0.2) is 6.07 Å². The van der Waals surface area contributed by atoms with Crippen LogP contribution in [0.5, 0.6) is 0 Å². The van der Waals surface area contributed by atoms with Gasteiger partial charge in [0.1, 0.15) is 18.2 Å². The molecule has 0 radical (unpaired) electrons. The summed E-state index contributed by atoms with van der Waals surface area (Å²) in [6.45, 7) is 3.48. The van der Waals surface area contributed by atoms with Crippen molar-refractivity contribution >= 4 is 11.6 Å². The first kappa shape index (κ1) is 12.7. The van der Waals surface area contributed by atoms with Crippen molar-refractivity contribution in [1.29, 1.82) is 0 Å². The molecule has 1 heterocycles. The maximum Gasteiger partial charge on any atom is 0.158 e. The summed E-state index contributed by atoms with van der Waals surface area (Å²) in [5.74, 6) is 2.03. The van der Waals surface area contributed by atoms with Crippen LogP contribution in [0, 0.1) is 0 Å². The Labute approximate surface area is 95.1 Å². The molecule has 16 heavy (non-hydrogen) atoms. The number of aliphatic hydroxyl groups excluding tert-OH is 1. The standard InChI is InChI=1S/C10H18N4O2/c1-3-16-7-10-13-8(11-2)6-9(14-10)12-4-5-15/h6,15H,3-5,7H2,1-2H3,(H2,11,12,13,14). The van der Waals surface area contributed by atoms with Crippen LogP contribution < -0.4 is 10.6 Å². The second-order valence-electron chi connectivity index (χ2n) is 3.09. The molecular formula is C10H18N4O2. The van der Waals surface area contributed by atoms with Crippen LogP contribution >= 0.6 is 0 Å². The molecule has 6 nitrogen and oxygen atoms in total. The van der Waals surface area contributed by atoms with E-state index in [0.717, 1.165) is 5.82 Å². The van der Waals surface area contributed by atoms with Gasteiger partial charge in [-0.15, -0.1) is 0 Å². The smallest absolute Gasteiger partial charge is 0.158 e. The molecule has 0 saturated heterocycles. The normalized spacial score (nSPS) is 10.2. The predicted molar refractivity (Wildman–Crippen MR) is 62.5 cm³/mol. The van der Waals surface area contributed by atoms with Crippen LogP contribution in [0.25, 0.3) is 0 Å². The van der Waals surface area contributed by atoms with Crippen molar-refractivity contribution in [2.45, 2.75) is 13.5 Å². The Morgan fingerprint density at radius 1 is 1.38 bits per heavy atom. The van der Waals surface area contributed by atoms with Gasteiger partial charge in [-0.25, -0.2) is 9.97 Å². The molecule has 0 bridgehead atoms. The van der Waals surface area contributed by atoms with E-state index < -0.39 is 0 Å². The Kier molecular flexibility index (Phi) is 5.52. The fourth-order valence-electron chi connectivity index (χ4n) is 1.16. The predicted octanol–water partition coefficient (Wildman–Crippen LogP) is 0.459. The fourth-order valence-corrected chi connectivity index (χ4v) is 1.16. The third kappa shape index (κ3) is 4.00. The average Bonchev–Trinajstić information content (AvgIpc) is 2.33. The number of hydrogen-bond acceptors (Lipinski definition) is 6.